The molecule has 0 atom stereocenters. The van der Waals surface area contributed by atoms with Gasteiger partial charge < -0.3 is 40.2 Å². The third-order valence-electron chi connectivity index (χ3n) is 7.90. The predicted octanol–water partition coefficient (Wildman–Crippen LogP) is 3.30. The maximum absolute atomic E-state index is 11.0. The summed E-state index contributed by atoms with van der Waals surface area (Å²) in [4.78, 5) is 20.2. The standard InChI is InChI=1S/C35H48N8O5/c1-23-29(21-47-32-13-11-28(34(40-32)45-6)20-38-17-18-39-26(4)44)9-8-10-31(23)43-25(3)30(24(2)42-43)22-48-33-14-12-27(35(41-33)46-7)19-37-16-15-36-5/h8-14,36-38H,15-22H2,1-7H3,(H,39,44). The van der Waals surface area contributed by atoms with Crippen molar-refractivity contribution in [2.24, 2.45) is 0 Å². The lowest BCUT2D eigenvalue weighted by Crippen LogP contribution is -2.30. The van der Waals surface area contributed by atoms with E-state index in [0.717, 1.165) is 58.0 Å². The number of nitrogens with one attached hydrogen (secondary N) is 4. The smallest absolute Gasteiger partial charge is 0.220 e. The molecule has 0 aliphatic rings. The molecule has 4 aromatic rings. The number of rotatable bonds is 19. The van der Waals surface area contributed by atoms with Crippen LogP contribution >= 0.6 is 0 Å². The molecule has 4 rings (SSSR count). The first kappa shape index (κ1) is 36.1. The van der Waals surface area contributed by atoms with Gasteiger partial charge in [0.15, 0.2) is 0 Å². The number of likely N-dealkylation sites (N-methyl/N-ethyl adjacent to an activating group) is 1. The average Bonchev–Trinajstić information content (AvgIpc) is 3.37. The lowest BCUT2D eigenvalue weighted by Gasteiger charge is -2.15. The number of hydrogen-bond donors (Lipinski definition) is 4. The van der Waals surface area contributed by atoms with Gasteiger partial charge in [-0.2, -0.15) is 15.1 Å². The van der Waals surface area contributed by atoms with Crippen LogP contribution in [0.5, 0.6) is 23.5 Å². The predicted molar refractivity (Wildman–Crippen MR) is 184 cm³/mol. The van der Waals surface area contributed by atoms with Crippen molar-refractivity contribution in [1.29, 1.82) is 0 Å². The number of aromatic nitrogens is 4. The van der Waals surface area contributed by atoms with Gasteiger partial charge in [-0.15, -0.1) is 0 Å². The van der Waals surface area contributed by atoms with Gasteiger partial charge in [0, 0.05) is 80.7 Å². The van der Waals surface area contributed by atoms with Crippen molar-refractivity contribution in [3.8, 4) is 29.2 Å². The first-order valence-corrected chi connectivity index (χ1v) is 16.0. The molecule has 13 heteroatoms. The zero-order valence-corrected chi connectivity index (χ0v) is 29.0. The Balaban J connectivity index is 1.40. The molecule has 0 radical (unpaired) electrons. The fraction of sp³-hybridized carbons (Fsp3) is 0.429. The van der Waals surface area contributed by atoms with Crippen molar-refractivity contribution >= 4 is 5.91 Å². The molecule has 0 saturated heterocycles. The van der Waals surface area contributed by atoms with Crippen LogP contribution in [0.2, 0.25) is 0 Å². The summed E-state index contributed by atoms with van der Waals surface area (Å²) in [5.41, 5.74) is 7.75. The largest absolute Gasteiger partial charge is 0.481 e. The van der Waals surface area contributed by atoms with Crippen LogP contribution in [0, 0.1) is 20.8 Å². The molecule has 1 amide bonds. The number of ether oxygens (including phenoxy) is 4. The van der Waals surface area contributed by atoms with Gasteiger partial charge in [-0.3, -0.25) is 4.79 Å². The van der Waals surface area contributed by atoms with Gasteiger partial charge >= 0.3 is 0 Å². The van der Waals surface area contributed by atoms with E-state index < -0.39 is 0 Å². The molecule has 1 aromatic carbocycles. The third kappa shape index (κ3) is 9.66. The van der Waals surface area contributed by atoms with Gasteiger partial charge in [0.05, 0.1) is 25.6 Å². The first-order valence-electron chi connectivity index (χ1n) is 16.0. The van der Waals surface area contributed by atoms with Crippen LogP contribution in [-0.2, 0) is 31.1 Å². The highest BCUT2D eigenvalue weighted by Crippen LogP contribution is 2.26. The van der Waals surface area contributed by atoms with Crippen molar-refractivity contribution in [2.75, 3.05) is 47.4 Å². The molecule has 258 valence electrons. The lowest BCUT2D eigenvalue weighted by molar-refractivity contribution is -0.118. The third-order valence-corrected chi connectivity index (χ3v) is 7.90. The summed E-state index contributed by atoms with van der Waals surface area (Å²) in [5.74, 6) is 1.94. The van der Waals surface area contributed by atoms with Crippen LogP contribution in [0.3, 0.4) is 0 Å². The quantitative estimate of drug-likeness (QED) is 0.110. The summed E-state index contributed by atoms with van der Waals surface area (Å²) >= 11 is 0. The van der Waals surface area contributed by atoms with Gasteiger partial charge in [0.2, 0.25) is 29.4 Å². The van der Waals surface area contributed by atoms with Gasteiger partial charge in [-0.05, 0) is 57.1 Å². The number of carbonyl (C=O) groups is 1. The Morgan fingerprint density at radius 3 is 1.96 bits per heavy atom. The Hall–Kier alpha value is -4.72. The monoisotopic (exact) mass is 660 g/mol. The second-order valence-electron chi connectivity index (χ2n) is 11.3. The van der Waals surface area contributed by atoms with E-state index in [2.05, 4.69) is 38.2 Å². The fourth-order valence-electron chi connectivity index (χ4n) is 5.15. The second-order valence-corrected chi connectivity index (χ2v) is 11.3. The van der Waals surface area contributed by atoms with E-state index in [0.29, 0.717) is 62.9 Å². The van der Waals surface area contributed by atoms with E-state index in [-0.39, 0.29) is 5.91 Å². The molecule has 0 bridgehead atoms. The van der Waals surface area contributed by atoms with Crippen LogP contribution in [-0.4, -0.2) is 73.1 Å². The summed E-state index contributed by atoms with van der Waals surface area (Å²) in [7, 11) is 5.13. The van der Waals surface area contributed by atoms with Crippen LogP contribution in [0.4, 0.5) is 0 Å². The molecular formula is C35H48N8O5. The van der Waals surface area contributed by atoms with Gasteiger partial charge in [-0.1, -0.05) is 12.1 Å². The molecular weight excluding hydrogens is 612 g/mol. The number of carbonyl (C=O) groups excluding carboxylic acids is 1. The maximum Gasteiger partial charge on any atom is 0.220 e. The number of amides is 1. The van der Waals surface area contributed by atoms with Gasteiger partial charge in [0.1, 0.15) is 13.2 Å². The molecule has 0 fully saturated rings. The zero-order valence-electron chi connectivity index (χ0n) is 29.0. The molecule has 0 aliphatic carbocycles. The van der Waals surface area contributed by atoms with Gasteiger partial charge in [-0.25, -0.2) is 4.68 Å². The minimum Gasteiger partial charge on any atom is -0.481 e. The maximum atomic E-state index is 11.0. The Morgan fingerprint density at radius 2 is 1.38 bits per heavy atom. The summed E-state index contributed by atoms with van der Waals surface area (Å²) < 4.78 is 25.2. The number of benzene rings is 1. The fourth-order valence-corrected chi connectivity index (χ4v) is 5.15. The minimum atomic E-state index is -0.0515. The van der Waals surface area contributed by atoms with Crippen molar-refractivity contribution in [3.05, 3.63) is 81.7 Å². The van der Waals surface area contributed by atoms with E-state index in [1.165, 1.54) is 6.92 Å². The van der Waals surface area contributed by atoms with Crippen LogP contribution in [0.1, 0.15) is 46.1 Å². The number of nitrogens with zero attached hydrogens (tertiary/aromatic N) is 4. The Bertz CT molecular complexity index is 1660. The summed E-state index contributed by atoms with van der Waals surface area (Å²) in [6, 6.07) is 13.7. The summed E-state index contributed by atoms with van der Waals surface area (Å²) in [5, 5.41) is 17.4. The number of aryl methyl sites for hydroxylation is 1. The molecule has 3 heterocycles. The van der Waals surface area contributed by atoms with Crippen molar-refractivity contribution in [3.63, 3.8) is 0 Å². The van der Waals surface area contributed by atoms with Gasteiger partial charge in [0.25, 0.3) is 0 Å². The molecule has 0 spiro atoms. The Kier molecular flexibility index (Phi) is 13.5. The van der Waals surface area contributed by atoms with Crippen LogP contribution < -0.4 is 40.2 Å². The molecule has 4 N–H and O–H groups in total. The number of hydrogen-bond acceptors (Lipinski definition) is 11. The summed E-state index contributed by atoms with van der Waals surface area (Å²) in [6.07, 6.45) is 0. The molecule has 0 saturated carbocycles. The highest BCUT2D eigenvalue weighted by atomic mass is 16.5. The van der Waals surface area contributed by atoms with Crippen molar-refractivity contribution < 1.29 is 23.7 Å². The molecule has 3 aromatic heterocycles. The molecule has 48 heavy (non-hydrogen) atoms. The van der Waals surface area contributed by atoms with E-state index in [4.69, 9.17) is 24.0 Å². The van der Waals surface area contributed by atoms with Crippen LogP contribution in [0.15, 0.2) is 42.5 Å². The van der Waals surface area contributed by atoms with E-state index >= 15 is 0 Å². The van der Waals surface area contributed by atoms with Crippen molar-refractivity contribution in [1.82, 2.24) is 41.0 Å². The zero-order chi connectivity index (χ0) is 34.5. The first-order chi connectivity index (χ1) is 23.2. The van der Waals surface area contributed by atoms with E-state index in [1.807, 2.05) is 68.0 Å². The van der Waals surface area contributed by atoms with Crippen LogP contribution in [0.25, 0.3) is 5.69 Å². The van der Waals surface area contributed by atoms with E-state index in [1.54, 1.807) is 14.2 Å². The highest BCUT2D eigenvalue weighted by molar-refractivity contribution is 5.72. The summed E-state index contributed by atoms with van der Waals surface area (Å²) in [6.45, 7) is 12.4. The lowest BCUT2D eigenvalue weighted by atomic mass is 10.1. The average molecular weight is 661 g/mol. The van der Waals surface area contributed by atoms with Crippen molar-refractivity contribution in [2.45, 2.75) is 54.0 Å². The number of methoxy groups -OCH3 is 2. The normalized spacial score (nSPS) is 11.0. The topological polar surface area (TPSA) is 146 Å². The second kappa shape index (κ2) is 18.0. The SMILES string of the molecule is CNCCNCc1ccc(OCc2c(C)nn(-c3cccc(COc4ccc(CNCCNC(C)=O)c(OC)n4)c3C)c2C)nc1OC. The van der Waals surface area contributed by atoms with E-state index in [9.17, 15) is 4.79 Å². The molecule has 0 unspecified atom stereocenters. The molecule has 13 nitrogen and oxygen atoms in total. The number of pyridine rings is 2. The Morgan fingerprint density at radius 1 is 0.771 bits per heavy atom. The Labute approximate surface area is 282 Å². The molecule has 0 aliphatic heterocycles. The minimum absolute atomic E-state index is 0.0515. The highest BCUT2D eigenvalue weighted by Gasteiger charge is 2.17.